The predicted molar refractivity (Wildman–Crippen MR) is 55.2 cm³/mol. The number of benzene rings is 1. The van der Waals surface area contributed by atoms with E-state index in [4.69, 9.17) is 10.8 Å². The fraction of sp³-hybridized carbons (Fsp3) is 0.364. The molecule has 14 heavy (non-hydrogen) atoms. The molecule has 3 N–H and O–H groups in total. The van der Waals surface area contributed by atoms with Crippen LogP contribution in [0, 0.1) is 6.92 Å². The minimum Gasteiger partial charge on any atom is -0.481 e. The first-order chi connectivity index (χ1) is 6.54. The van der Waals surface area contributed by atoms with Gasteiger partial charge in [-0.3, -0.25) is 4.79 Å². The van der Waals surface area contributed by atoms with E-state index in [-0.39, 0.29) is 6.04 Å². The van der Waals surface area contributed by atoms with Crippen LogP contribution < -0.4 is 5.73 Å². The van der Waals surface area contributed by atoms with Crippen LogP contribution >= 0.6 is 0 Å². The number of carbonyl (C=O) groups is 1. The van der Waals surface area contributed by atoms with Gasteiger partial charge in [-0.15, -0.1) is 0 Å². The average molecular weight is 193 g/mol. The lowest BCUT2D eigenvalue weighted by molar-refractivity contribution is -0.139. The Morgan fingerprint density at radius 3 is 2.43 bits per heavy atom. The molecule has 0 radical (unpaired) electrons. The molecule has 0 aliphatic carbocycles. The summed E-state index contributed by atoms with van der Waals surface area (Å²) in [6, 6.07) is 7.05. The zero-order valence-corrected chi connectivity index (χ0v) is 8.40. The summed E-state index contributed by atoms with van der Waals surface area (Å²) in [4.78, 5) is 11.0. The number of hydrogen-bond acceptors (Lipinski definition) is 2. The van der Waals surface area contributed by atoms with E-state index < -0.39 is 11.9 Å². The van der Waals surface area contributed by atoms with Crippen molar-refractivity contribution in [2.45, 2.75) is 25.8 Å². The molecule has 2 atom stereocenters. The van der Waals surface area contributed by atoms with Gasteiger partial charge in [-0.1, -0.05) is 24.3 Å². The molecule has 0 spiro atoms. The van der Waals surface area contributed by atoms with Crippen LogP contribution in [0.15, 0.2) is 24.3 Å². The zero-order valence-electron chi connectivity index (χ0n) is 8.40. The highest BCUT2D eigenvalue weighted by Crippen LogP contribution is 2.22. The van der Waals surface area contributed by atoms with Crippen molar-refractivity contribution in [2.75, 3.05) is 0 Å². The van der Waals surface area contributed by atoms with E-state index in [1.54, 1.807) is 6.92 Å². The largest absolute Gasteiger partial charge is 0.481 e. The van der Waals surface area contributed by atoms with Gasteiger partial charge in [0, 0.05) is 6.04 Å². The van der Waals surface area contributed by atoms with Gasteiger partial charge in [0.2, 0.25) is 0 Å². The number of carboxylic acids is 1. The van der Waals surface area contributed by atoms with Crippen molar-refractivity contribution in [3.63, 3.8) is 0 Å². The van der Waals surface area contributed by atoms with E-state index in [0.29, 0.717) is 0 Å². The van der Waals surface area contributed by atoms with Crippen molar-refractivity contribution >= 4 is 5.97 Å². The molecule has 3 nitrogen and oxygen atoms in total. The standard InChI is InChI=1S/C11H15NO2/c1-7-5-3-4-6-9(7)10(8(2)12)11(13)14/h3-6,8,10H,12H2,1-2H3,(H,13,14). The fourth-order valence-electron chi connectivity index (χ4n) is 1.58. The normalized spacial score (nSPS) is 14.8. The smallest absolute Gasteiger partial charge is 0.312 e. The van der Waals surface area contributed by atoms with Gasteiger partial charge >= 0.3 is 5.97 Å². The predicted octanol–water partition coefficient (Wildman–Crippen LogP) is 1.51. The van der Waals surface area contributed by atoms with Crippen LogP contribution in [0.3, 0.4) is 0 Å². The Hall–Kier alpha value is -1.35. The lowest BCUT2D eigenvalue weighted by atomic mass is 9.90. The quantitative estimate of drug-likeness (QED) is 0.764. The second-order valence-electron chi connectivity index (χ2n) is 3.53. The van der Waals surface area contributed by atoms with Crippen molar-refractivity contribution in [3.8, 4) is 0 Å². The highest BCUT2D eigenvalue weighted by atomic mass is 16.4. The van der Waals surface area contributed by atoms with Crippen LogP contribution in [-0.2, 0) is 4.79 Å². The minimum atomic E-state index is -0.866. The minimum absolute atomic E-state index is 0.381. The van der Waals surface area contributed by atoms with E-state index >= 15 is 0 Å². The SMILES string of the molecule is Cc1ccccc1C(C(=O)O)C(C)N. The fourth-order valence-corrected chi connectivity index (χ4v) is 1.58. The number of carboxylic acid groups (broad SMARTS) is 1. The molecule has 0 aliphatic rings. The summed E-state index contributed by atoms with van der Waals surface area (Å²) in [6.07, 6.45) is 0. The summed E-state index contributed by atoms with van der Waals surface area (Å²) in [6.45, 7) is 3.61. The molecule has 1 aromatic carbocycles. The summed E-state index contributed by atoms with van der Waals surface area (Å²) in [5.74, 6) is -1.48. The third-order valence-corrected chi connectivity index (χ3v) is 2.32. The van der Waals surface area contributed by atoms with Gasteiger partial charge in [0.05, 0.1) is 5.92 Å². The Morgan fingerprint density at radius 1 is 1.43 bits per heavy atom. The summed E-state index contributed by atoms with van der Waals surface area (Å²) in [7, 11) is 0. The number of hydrogen-bond donors (Lipinski definition) is 2. The average Bonchev–Trinajstić information content (AvgIpc) is 2.07. The van der Waals surface area contributed by atoms with Crippen molar-refractivity contribution < 1.29 is 9.90 Å². The Balaban J connectivity index is 3.12. The number of aliphatic carboxylic acids is 1. The molecule has 0 fully saturated rings. The van der Waals surface area contributed by atoms with Crippen molar-refractivity contribution in [2.24, 2.45) is 5.73 Å². The molecule has 0 aromatic heterocycles. The van der Waals surface area contributed by atoms with Crippen molar-refractivity contribution in [1.29, 1.82) is 0 Å². The van der Waals surface area contributed by atoms with Gasteiger partial charge < -0.3 is 10.8 Å². The van der Waals surface area contributed by atoms with Gasteiger partial charge in [0.15, 0.2) is 0 Å². The molecule has 0 amide bonds. The van der Waals surface area contributed by atoms with Gasteiger partial charge in [-0.05, 0) is 25.0 Å². The van der Waals surface area contributed by atoms with E-state index in [1.807, 2.05) is 31.2 Å². The Kier molecular flexibility index (Phi) is 3.25. The van der Waals surface area contributed by atoms with Gasteiger partial charge in [-0.2, -0.15) is 0 Å². The summed E-state index contributed by atoms with van der Waals surface area (Å²) < 4.78 is 0. The topological polar surface area (TPSA) is 63.3 Å². The van der Waals surface area contributed by atoms with E-state index in [9.17, 15) is 4.79 Å². The highest BCUT2D eigenvalue weighted by Gasteiger charge is 2.24. The molecule has 0 saturated carbocycles. The van der Waals surface area contributed by atoms with Crippen molar-refractivity contribution in [1.82, 2.24) is 0 Å². The summed E-state index contributed by atoms with van der Waals surface area (Å²) >= 11 is 0. The number of aryl methyl sites for hydroxylation is 1. The van der Waals surface area contributed by atoms with Crippen LogP contribution in [0.1, 0.15) is 24.0 Å². The maximum Gasteiger partial charge on any atom is 0.312 e. The molecular weight excluding hydrogens is 178 g/mol. The Labute approximate surface area is 83.6 Å². The molecular formula is C11H15NO2. The molecule has 1 aromatic rings. The lowest BCUT2D eigenvalue weighted by Crippen LogP contribution is -2.31. The van der Waals surface area contributed by atoms with Crippen LogP contribution in [-0.4, -0.2) is 17.1 Å². The summed E-state index contributed by atoms with van der Waals surface area (Å²) in [5, 5.41) is 9.04. The van der Waals surface area contributed by atoms with Crippen LogP contribution in [0.4, 0.5) is 0 Å². The molecule has 3 heteroatoms. The first kappa shape index (κ1) is 10.7. The van der Waals surface area contributed by atoms with E-state index in [2.05, 4.69) is 0 Å². The first-order valence-electron chi connectivity index (χ1n) is 4.58. The first-order valence-corrected chi connectivity index (χ1v) is 4.58. The maximum atomic E-state index is 11.0. The molecule has 0 bridgehead atoms. The monoisotopic (exact) mass is 193 g/mol. The Bertz CT molecular complexity index is 334. The molecule has 76 valence electrons. The second kappa shape index (κ2) is 4.24. The number of nitrogens with two attached hydrogens (primary N) is 1. The molecule has 0 heterocycles. The molecule has 0 aliphatic heterocycles. The van der Waals surface area contributed by atoms with E-state index in [0.717, 1.165) is 11.1 Å². The Morgan fingerprint density at radius 2 is 2.00 bits per heavy atom. The van der Waals surface area contributed by atoms with Crippen LogP contribution in [0.5, 0.6) is 0 Å². The maximum absolute atomic E-state index is 11.0. The molecule has 1 rings (SSSR count). The highest BCUT2D eigenvalue weighted by molar-refractivity contribution is 5.77. The summed E-state index contributed by atoms with van der Waals surface area (Å²) in [5.41, 5.74) is 7.43. The van der Waals surface area contributed by atoms with Crippen LogP contribution in [0.25, 0.3) is 0 Å². The third-order valence-electron chi connectivity index (χ3n) is 2.32. The van der Waals surface area contributed by atoms with Crippen molar-refractivity contribution in [3.05, 3.63) is 35.4 Å². The third kappa shape index (κ3) is 2.12. The number of rotatable bonds is 3. The van der Waals surface area contributed by atoms with Gasteiger partial charge in [-0.25, -0.2) is 0 Å². The lowest BCUT2D eigenvalue weighted by Gasteiger charge is -2.18. The molecule has 0 saturated heterocycles. The zero-order chi connectivity index (χ0) is 10.7. The van der Waals surface area contributed by atoms with Crippen LogP contribution in [0.2, 0.25) is 0 Å². The van der Waals surface area contributed by atoms with Gasteiger partial charge in [0.1, 0.15) is 0 Å². The second-order valence-corrected chi connectivity index (χ2v) is 3.53. The molecule has 2 unspecified atom stereocenters. The van der Waals surface area contributed by atoms with Gasteiger partial charge in [0.25, 0.3) is 0 Å². The van der Waals surface area contributed by atoms with E-state index in [1.165, 1.54) is 0 Å².